The maximum Gasteiger partial charge on any atom is 0.404 e. The SMILES string of the molecule is CC(C)(C)OC(=O)CC(C)(C)OC(=O)Cl. The van der Waals surface area contributed by atoms with Crippen LogP contribution >= 0.6 is 11.6 Å². The highest BCUT2D eigenvalue weighted by molar-refractivity contribution is 6.61. The Kier molecular flexibility index (Phi) is 4.59. The first-order valence-electron chi connectivity index (χ1n) is 4.62. The van der Waals surface area contributed by atoms with Crippen LogP contribution in [0, 0.1) is 0 Å². The predicted octanol–water partition coefficient (Wildman–Crippen LogP) is 2.87. The molecule has 5 heteroatoms. The quantitative estimate of drug-likeness (QED) is 0.559. The molecule has 0 saturated carbocycles. The molecule has 0 aliphatic heterocycles. The maximum atomic E-state index is 11.4. The summed E-state index contributed by atoms with van der Waals surface area (Å²) >= 11 is 5.07. The molecular weight excluding hydrogens is 220 g/mol. The third kappa shape index (κ3) is 8.24. The molecule has 0 heterocycles. The Balaban J connectivity index is 4.22. The number of ether oxygens (including phenoxy) is 2. The van der Waals surface area contributed by atoms with Gasteiger partial charge in [-0.05, 0) is 34.6 Å². The summed E-state index contributed by atoms with van der Waals surface area (Å²) in [5.74, 6) is -0.426. The van der Waals surface area contributed by atoms with Crippen molar-refractivity contribution in [3.63, 3.8) is 0 Å². The second-order valence-electron chi connectivity index (χ2n) is 4.86. The standard InChI is InChI=1S/C10H17ClO4/c1-9(2,3)14-7(12)6-10(4,5)15-8(11)13/h6H2,1-5H3. The van der Waals surface area contributed by atoms with Gasteiger partial charge in [-0.2, -0.15) is 0 Å². The van der Waals surface area contributed by atoms with Crippen LogP contribution in [0.25, 0.3) is 0 Å². The first-order chi connectivity index (χ1) is 6.52. The summed E-state index contributed by atoms with van der Waals surface area (Å²) in [6.07, 6.45) is -0.0251. The molecule has 0 fully saturated rings. The maximum absolute atomic E-state index is 11.4. The van der Waals surface area contributed by atoms with E-state index >= 15 is 0 Å². The molecule has 0 atom stereocenters. The second-order valence-corrected chi connectivity index (χ2v) is 5.17. The highest BCUT2D eigenvalue weighted by atomic mass is 35.5. The van der Waals surface area contributed by atoms with Gasteiger partial charge in [0, 0.05) is 11.6 Å². The van der Waals surface area contributed by atoms with Crippen molar-refractivity contribution in [1.82, 2.24) is 0 Å². The van der Waals surface area contributed by atoms with E-state index in [-0.39, 0.29) is 6.42 Å². The zero-order valence-electron chi connectivity index (χ0n) is 9.72. The largest absolute Gasteiger partial charge is 0.460 e. The molecule has 4 nitrogen and oxygen atoms in total. The minimum absolute atomic E-state index is 0.0251. The van der Waals surface area contributed by atoms with Gasteiger partial charge in [0.05, 0.1) is 6.42 Å². The Labute approximate surface area is 94.9 Å². The van der Waals surface area contributed by atoms with E-state index in [1.807, 2.05) is 0 Å². The van der Waals surface area contributed by atoms with Crippen molar-refractivity contribution in [3.8, 4) is 0 Å². The molecule has 0 aliphatic carbocycles. The molecule has 0 spiro atoms. The van der Waals surface area contributed by atoms with Gasteiger partial charge in [0.2, 0.25) is 0 Å². The van der Waals surface area contributed by atoms with Crippen molar-refractivity contribution >= 4 is 23.0 Å². The molecule has 15 heavy (non-hydrogen) atoms. The number of rotatable bonds is 3. The Bertz CT molecular complexity index is 253. The van der Waals surface area contributed by atoms with E-state index in [9.17, 15) is 9.59 Å². The lowest BCUT2D eigenvalue weighted by atomic mass is 10.1. The van der Waals surface area contributed by atoms with Crippen LogP contribution in [0.5, 0.6) is 0 Å². The van der Waals surface area contributed by atoms with Crippen LogP contribution < -0.4 is 0 Å². The van der Waals surface area contributed by atoms with Crippen LogP contribution in [0.4, 0.5) is 4.79 Å². The summed E-state index contributed by atoms with van der Waals surface area (Å²) < 4.78 is 9.83. The topological polar surface area (TPSA) is 52.6 Å². The van der Waals surface area contributed by atoms with E-state index in [1.165, 1.54) is 0 Å². The third-order valence-corrected chi connectivity index (χ3v) is 1.42. The molecule has 0 unspecified atom stereocenters. The van der Waals surface area contributed by atoms with Crippen molar-refractivity contribution in [1.29, 1.82) is 0 Å². The Morgan fingerprint density at radius 1 is 1.07 bits per heavy atom. The Morgan fingerprint density at radius 3 is 1.87 bits per heavy atom. The van der Waals surface area contributed by atoms with E-state index < -0.39 is 22.6 Å². The Morgan fingerprint density at radius 2 is 1.53 bits per heavy atom. The lowest BCUT2D eigenvalue weighted by Gasteiger charge is -2.25. The highest BCUT2D eigenvalue weighted by Gasteiger charge is 2.28. The monoisotopic (exact) mass is 236 g/mol. The summed E-state index contributed by atoms with van der Waals surface area (Å²) in [4.78, 5) is 21.9. The smallest absolute Gasteiger partial charge is 0.404 e. The van der Waals surface area contributed by atoms with E-state index in [4.69, 9.17) is 21.1 Å². The number of carbonyl (C=O) groups excluding carboxylic acids is 2. The normalized spacial score (nSPS) is 12.1. The van der Waals surface area contributed by atoms with Crippen LogP contribution in [-0.4, -0.2) is 22.6 Å². The molecule has 0 saturated heterocycles. The van der Waals surface area contributed by atoms with Crippen LogP contribution in [0.15, 0.2) is 0 Å². The summed E-state index contributed by atoms with van der Waals surface area (Å²) in [5.41, 5.74) is -2.41. The van der Waals surface area contributed by atoms with Crippen molar-refractivity contribution < 1.29 is 19.1 Å². The molecular formula is C10H17ClO4. The van der Waals surface area contributed by atoms with Crippen LogP contribution in [0.2, 0.25) is 0 Å². The molecule has 0 aromatic rings. The molecule has 0 radical (unpaired) electrons. The lowest BCUT2D eigenvalue weighted by Crippen LogP contribution is -2.33. The minimum Gasteiger partial charge on any atom is -0.460 e. The molecule has 0 rings (SSSR count). The van der Waals surface area contributed by atoms with E-state index in [0.29, 0.717) is 0 Å². The van der Waals surface area contributed by atoms with Crippen LogP contribution in [0.1, 0.15) is 41.0 Å². The van der Waals surface area contributed by atoms with Crippen LogP contribution in [0.3, 0.4) is 0 Å². The van der Waals surface area contributed by atoms with Gasteiger partial charge < -0.3 is 9.47 Å². The first kappa shape index (κ1) is 14.2. The Hall–Kier alpha value is -0.770. The number of halogens is 1. The van der Waals surface area contributed by atoms with Gasteiger partial charge in [-0.15, -0.1) is 0 Å². The fourth-order valence-electron chi connectivity index (χ4n) is 0.979. The van der Waals surface area contributed by atoms with Gasteiger partial charge in [-0.3, -0.25) is 4.79 Å². The van der Waals surface area contributed by atoms with Crippen molar-refractivity contribution in [2.45, 2.75) is 52.2 Å². The second kappa shape index (κ2) is 4.84. The van der Waals surface area contributed by atoms with Crippen molar-refractivity contribution in [2.75, 3.05) is 0 Å². The van der Waals surface area contributed by atoms with Gasteiger partial charge in [-0.1, -0.05) is 0 Å². The fourth-order valence-corrected chi connectivity index (χ4v) is 1.19. The van der Waals surface area contributed by atoms with Gasteiger partial charge in [0.1, 0.15) is 11.2 Å². The minimum atomic E-state index is -0.943. The average molecular weight is 237 g/mol. The van der Waals surface area contributed by atoms with Crippen molar-refractivity contribution in [3.05, 3.63) is 0 Å². The van der Waals surface area contributed by atoms with Crippen LogP contribution in [-0.2, 0) is 14.3 Å². The van der Waals surface area contributed by atoms with Gasteiger partial charge in [0.15, 0.2) is 0 Å². The summed E-state index contributed by atoms with van der Waals surface area (Å²) in [6, 6.07) is 0. The number of esters is 1. The molecule has 88 valence electrons. The van der Waals surface area contributed by atoms with Gasteiger partial charge >= 0.3 is 11.4 Å². The summed E-state index contributed by atoms with van der Waals surface area (Å²) in [5, 5.41) is 0. The fraction of sp³-hybridized carbons (Fsp3) is 0.800. The molecule has 0 aromatic heterocycles. The number of hydrogen-bond acceptors (Lipinski definition) is 4. The molecule has 0 bridgehead atoms. The van der Waals surface area contributed by atoms with Gasteiger partial charge in [0.25, 0.3) is 0 Å². The third-order valence-electron chi connectivity index (χ3n) is 1.35. The predicted molar refractivity (Wildman–Crippen MR) is 56.9 cm³/mol. The average Bonchev–Trinajstić information content (AvgIpc) is 1.73. The van der Waals surface area contributed by atoms with E-state index in [0.717, 1.165) is 0 Å². The molecule has 0 N–H and O–H groups in total. The molecule has 0 aromatic carbocycles. The summed E-state index contributed by atoms with van der Waals surface area (Å²) in [6.45, 7) is 8.50. The zero-order chi connectivity index (χ0) is 12.3. The number of hydrogen-bond donors (Lipinski definition) is 0. The summed E-state index contributed by atoms with van der Waals surface area (Å²) in [7, 11) is 0. The highest BCUT2D eigenvalue weighted by Crippen LogP contribution is 2.19. The number of carbonyl (C=O) groups is 2. The zero-order valence-corrected chi connectivity index (χ0v) is 10.5. The lowest BCUT2D eigenvalue weighted by molar-refractivity contribution is -0.158. The molecule has 0 aliphatic rings. The molecule has 0 amide bonds. The van der Waals surface area contributed by atoms with Crippen molar-refractivity contribution in [2.24, 2.45) is 0 Å². The van der Waals surface area contributed by atoms with E-state index in [2.05, 4.69) is 0 Å². The first-order valence-corrected chi connectivity index (χ1v) is 5.00. The van der Waals surface area contributed by atoms with E-state index in [1.54, 1.807) is 34.6 Å². The van der Waals surface area contributed by atoms with Gasteiger partial charge in [-0.25, -0.2) is 4.79 Å².